The standard InChI is InChI=1S/C68H107N7O14/c1-17-44(10)62(57(87-15)37-59(81)75-33-31-50(38-75)64(88-16)46(12)54(77)34-45(11)63(82)48-22-19-18-20-23-48)73(13)66(84)52(40(2)3)36-56(79)61(43(8)9)74(14)68(86)89-39-47-25-27-51(28-26-47)71-65(83)49(24-21-32-70-67(69)85)35-55(78)60(42(6)7)72-58(80)30-29-53(76)41(4)5/h18-20,22-23,25-28,40-46,49-50,52,57,60-64,82H,17,21,24,29-39H2,1-16H3,(H,71,83)(H,72,80)(H3,69,70,85)/t44-,45-,46-,49?,50+,52-,57+,60-,61-,62-,63+,64+/m0/s1. The summed E-state index contributed by atoms with van der Waals surface area (Å²) in [6, 6.07) is 12.7. The number of aliphatic hydroxyl groups is 1. The normalized spacial score (nSPS) is 17.1. The molecule has 21 nitrogen and oxygen atoms in total. The highest BCUT2D eigenvalue weighted by Gasteiger charge is 2.43. The molecule has 7 amide bonds. The molecule has 0 saturated carbocycles. The number of nitrogens with two attached hydrogens (primary N) is 1. The minimum atomic E-state index is -0.952. The minimum Gasteiger partial charge on any atom is -0.445 e. The second-order valence-corrected chi connectivity index (χ2v) is 26.0. The van der Waals surface area contributed by atoms with Crippen molar-refractivity contribution in [3.05, 3.63) is 65.7 Å². The summed E-state index contributed by atoms with van der Waals surface area (Å²) in [7, 11) is 6.29. The Kier molecular flexibility index (Phi) is 32.3. The molecule has 0 spiro atoms. The lowest BCUT2D eigenvalue weighted by Crippen LogP contribution is -2.53. The Morgan fingerprint density at radius 1 is 0.719 bits per heavy atom. The molecule has 1 fully saturated rings. The van der Waals surface area contributed by atoms with Crippen molar-refractivity contribution in [2.75, 3.05) is 53.3 Å². The summed E-state index contributed by atoms with van der Waals surface area (Å²) in [6.07, 6.45) is -1.10. The lowest BCUT2D eigenvalue weighted by atomic mass is 9.83. The van der Waals surface area contributed by atoms with Crippen LogP contribution in [0, 0.1) is 59.2 Å². The number of carbonyl (C=O) groups is 10. The summed E-state index contributed by atoms with van der Waals surface area (Å²) in [5.74, 6) is -5.93. The largest absolute Gasteiger partial charge is 0.445 e. The van der Waals surface area contributed by atoms with Crippen LogP contribution in [-0.4, -0.2) is 157 Å². The fraction of sp³-hybridized carbons (Fsp3) is 0.676. The molecule has 6 N–H and O–H groups in total. The van der Waals surface area contributed by atoms with E-state index in [2.05, 4.69) is 16.0 Å². The Bertz CT molecular complexity index is 2630. The average Bonchev–Trinajstić information content (AvgIpc) is 3.59. The van der Waals surface area contributed by atoms with Crippen molar-refractivity contribution in [1.82, 2.24) is 25.3 Å². The molecule has 21 heteroatoms. The number of rotatable bonds is 39. The number of methoxy groups -OCH3 is 2. The van der Waals surface area contributed by atoms with E-state index in [1.807, 2.05) is 85.7 Å². The predicted octanol–water partition coefficient (Wildman–Crippen LogP) is 8.73. The predicted molar refractivity (Wildman–Crippen MR) is 342 cm³/mol. The SMILES string of the molecule is CC[C@H](C)[C@@H]([C@@H](CC(=O)N1CC[C@@H]([C@H](OC)[C@@H](C)C(=O)C[C@H](C)[C@@H](O)c2ccccc2)C1)OC)N(C)C(=O)[C@@H](CC(=O)[C@H](C(C)C)N(C)C(=O)OCc1ccc(NC(=O)C(CCCNC(N)=O)CC(=O)[C@@H](NC(=O)CCC(=O)C(C)C)C(C)C)cc1)C(C)C. The van der Waals surface area contributed by atoms with Crippen LogP contribution in [-0.2, 0) is 59.2 Å². The molecule has 0 aliphatic carbocycles. The topological polar surface area (TPSA) is 290 Å². The summed E-state index contributed by atoms with van der Waals surface area (Å²) in [4.78, 5) is 139. The maximum atomic E-state index is 14.8. The van der Waals surface area contributed by atoms with Crippen molar-refractivity contribution in [1.29, 1.82) is 0 Å². The molecule has 12 atom stereocenters. The van der Waals surface area contributed by atoms with E-state index >= 15 is 0 Å². The van der Waals surface area contributed by atoms with Gasteiger partial charge in [0.05, 0.1) is 42.9 Å². The summed E-state index contributed by atoms with van der Waals surface area (Å²) in [5, 5.41) is 19.1. The number of anilines is 1. The van der Waals surface area contributed by atoms with Crippen LogP contribution >= 0.6 is 0 Å². The van der Waals surface area contributed by atoms with Gasteiger partial charge >= 0.3 is 12.1 Å². The quantitative estimate of drug-likeness (QED) is 0.0391. The number of urea groups is 1. The van der Waals surface area contributed by atoms with E-state index in [0.717, 1.165) is 5.56 Å². The van der Waals surface area contributed by atoms with Gasteiger partial charge in [0.1, 0.15) is 18.2 Å². The van der Waals surface area contributed by atoms with Crippen LogP contribution < -0.4 is 21.7 Å². The first-order valence-corrected chi connectivity index (χ1v) is 31.9. The number of likely N-dealkylation sites (tertiary alicyclic amines) is 1. The number of nitrogens with zero attached hydrogens (tertiary/aromatic N) is 3. The highest BCUT2D eigenvalue weighted by atomic mass is 16.6. The lowest BCUT2D eigenvalue weighted by Gasteiger charge is -2.40. The first-order chi connectivity index (χ1) is 41.9. The number of hydrogen-bond donors (Lipinski definition) is 5. The zero-order chi connectivity index (χ0) is 67.0. The molecule has 498 valence electrons. The molecule has 1 heterocycles. The number of ketones is 4. The fourth-order valence-electron chi connectivity index (χ4n) is 12.1. The lowest BCUT2D eigenvalue weighted by molar-refractivity contribution is -0.147. The molecule has 2 aromatic carbocycles. The van der Waals surface area contributed by atoms with Gasteiger partial charge in [0.2, 0.25) is 23.6 Å². The molecule has 2 aromatic rings. The number of carbonyl (C=O) groups excluding carboxylic acids is 10. The molecule has 1 aliphatic rings. The Balaban J connectivity index is 1.68. The van der Waals surface area contributed by atoms with Crippen LogP contribution in [0.15, 0.2) is 54.6 Å². The molecule has 1 aliphatic heterocycles. The second kappa shape index (κ2) is 37.5. The van der Waals surface area contributed by atoms with Crippen molar-refractivity contribution in [2.24, 2.45) is 64.9 Å². The number of ether oxygens (including phenoxy) is 3. The number of amides is 7. The van der Waals surface area contributed by atoms with Gasteiger partial charge in [0, 0.05) is 115 Å². The molecular formula is C68H107N7O14. The molecule has 0 aromatic heterocycles. The highest BCUT2D eigenvalue weighted by Crippen LogP contribution is 2.33. The van der Waals surface area contributed by atoms with Crippen LogP contribution in [0.2, 0.25) is 0 Å². The average molecular weight is 1250 g/mol. The van der Waals surface area contributed by atoms with Gasteiger partial charge in [-0.15, -0.1) is 0 Å². The molecule has 89 heavy (non-hydrogen) atoms. The van der Waals surface area contributed by atoms with Crippen LogP contribution in [0.5, 0.6) is 0 Å². The Morgan fingerprint density at radius 3 is 1.91 bits per heavy atom. The number of primary amides is 1. The summed E-state index contributed by atoms with van der Waals surface area (Å²) in [6.45, 7) is 23.0. The van der Waals surface area contributed by atoms with Gasteiger partial charge in [0.15, 0.2) is 11.6 Å². The third-order valence-electron chi connectivity index (χ3n) is 17.8. The molecule has 3 rings (SSSR count). The van der Waals surface area contributed by atoms with E-state index in [1.165, 1.54) is 19.1 Å². The third-order valence-corrected chi connectivity index (χ3v) is 17.8. The number of nitrogens with one attached hydrogen (secondary N) is 3. The van der Waals surface area contributed by atoms with E-state index in [-0.39, 0.29) is 134 Å². The van der Waals surface area contributed by atoms with Gasteiger partial charge in [-0.2, -0.15) is 0 Å². The van der Waals surface area contributed by atoms with Crippen molar-refractivity contribution < 1.29 is 67.3 Å². The van der Waals surface area contributed by atoms with Crippen LogP contribution in [0.4, 0.5) is 15.3 Å². The molecular weight excluding hydrogens is 1140 g/mol. The Hall–Kier alpha value is -6.58. The smallest absolute Gasteiger partial charge is 0.410 e. The fourth-order valence-corrected chi connectivity index (χ4v) is 12.1. The Labute approximate surface area is 529 Å². The maximum absolute atomic E-state index is 14.8. The van der Waals surface area contributed by atoms with Crippen LogP contribution in [0.3, 0.4) is 0 Å². The minimum absolute atomic E-state index is 0.0100. The van der Waals surface area contributed by atoms with Gasteiger partial charge in [-0.25, -0.2) is 9.59 Å². The van der Waals surface area contributed by atoms with Crippen molar-refractivity contribution in [3.63, 3.8) is 0 Å². The Morgan fingerprint density at radius 2 is 1.36 bits per heavy atom. The number of likely N-dealkylation sites (N-methyl/N-ethyl adjacent to an activating group) is 2. The van der Waals surface area contributed by atoms with Crippen LogP contribution in [0.1, 0.15) is 165 Å². The van der Waals surface area contributed by atoms with Gasteiger partial charge < -0.3 is 55.7 Å². The van der Waals surface area contributed by atoms with Crippen LogP contribution in [0.25, 0.3) is 0 Å². The first kappa shape index (κ1) is 76.7. The van der Waals surface area contributed by atoms with Gasteiger partial charge in [-0.1, -0.05) is 132 Å². The first-order valence-electron chi connectivity index (χ1n) is 31.9. The van der Waals surface area contributed by atoms with Crippen molar-refractivity contribution in [2.45, 2.75) is 190 Å². The molecule has 1 unspecified atom stereocenters. The molecule has 0 bridgehead atoms. The van der Waals surface area contributed by atoms with Gasteiger partial charge in [0.25, 0.3) is 0 Å². The van der Waals surface area contributed by atoms with E-state index < -0.39 is 78.1 Å². The zero-order valence-corrected chi connectivity index (χ0v) is 56.0. The number of aliphatic hydroxyl groups excluding tert-OH is 1. The van der Waals surface area contributed by atoms with E-state index in [9.17, 15) is 53.1 Å². The molecule has 1 saturated heterocycles. The summed E-state index contributed by atoms with van der Waals surface area (Å²) in [5.41, 5.74) is 6.95. The van der Waals surface area contributed by atoms with Gasteiger partial charge in [-0.05, 0) is 72.1 Å². The monoisotopic (exact) mass is 1250 g/mol. The van der Waals surface area contributed by atoms with E-state index in [0.29, 0.717) is 43.6 Å². The number of hydrogen-bond acceptors (Lipinski definition) is 14. The van der Waals surface area contributed by atoms with E-state index in [1.54, 1.807) is 75.9 Å². The number of benzene rings is 2. The third kappa shape index (κ3) is 23.6. The highest BCUT2D eigenvalue weighted by molar-refractivity contribution is 5.98. The van der Waals surface area contributed by atoms with Crippen molar-refractivity contribution in [3.8, 4) is 0 Å². The van der Waals surface area contributed by atoms with Gasteiger partial charge in [-0.3, -0.25) is 38.4 Å². The summed E-state index contributed by atoms with van der Waals surface area (Å²) >= 11 is 0. The second-order valence-electron chi connectivity index (χ2n) is 26.0. The molecule has 0 radical (unpaired) electrons. The summed E-state index contributed by atoms with van der Waals surface area (Å²) < 4.78 is 17.7. The van der Waals surface area contributed by atoms with E-state index in [4.69, 9.17) is 19.9 Å². The zero-order valence-electron chi connectivity index (χ0n) is 56.0. The maximum Gasteiger partial charge on any atom is 0.410 e. The number of Topliss-reactive ketones (excluding diaryl/α,β-unsaturated/α-hetero) is 4. The van der Waals surface area contributed by atoms with Crippen molar-refractivity contribution >= 4 is 64.6 Å².